The van der Waals surface area contributed by atoms with E-state index in [0.717, 1.165) is 18.2 Å². The fraction of sp³-hybridized carbons (Fsp3) is 0.0500. The van der Waals surface area contributed by atoms with Crippen LogP contribution in [-0.4, -0.2) is 25.7 Å². The number of amides is 1. The Morgan fingerprint density at radius 1 is 1.06 bits per heavy atom. The predicted molar refractivity (Wildman–Crippen MR) is 110 cm³/mol. The number of pyridine rings is 1. The molecule has 31 heavy (non-hydrogen) atoms. The molecule has 0 atom stereocenters. The fourth-order valence-electron chi connectivity index (χ4n) is 3.05. The lowest BCUT2D eigenvalue weighted by Crippen LogP contribution is -2.15. The average molecular weight is 419 g/mol. The highest BCUT2D eigenvalue weighted by molar-refractivity contribution is 6.08. The number of nitrogens with zero attached hydrogens (tertiary/aromatic N) is 4. The maximum atomic E-state index is 12.7. The van der Waals surface area contributed by atoms with Crippen LogP contribution >= 0.6 is 0 Å². The molecule has 0 aliphatic heterocycles. The summed E-state index contributed by atoms with van der Waals surface area (Å²) >= 11 is 0. The summed E-state index contributed by atoms with van der Waals surface area (Å²) in [4.78, 5) is 41.8. The number of non-ortho nitro benzene ring substituents is 1. The van der Waals surface area contributed by atoms with Crippen molar-refractivity contribution in [1.29, 1.82) is 0 Å². The van der Waals surface area contributed by atoms with Crippen molar-refractivity contribution in [2.45, 2.75) is 6.92 Å². The van der Waals surface area contributed by atoms with Gasteiger partial charge in [0.2, 0.25) is 5.89 Å². The van der Waals surface area contributed by atoms with E-state index >= 15 is 0 Å². The molecule has 11 heteroatoms. The van der Waals surface area contributed by atoms with Crippen molar-refractivity contribution in [3.05, 3.63) is 86.1 Å². The number of carbonyl (C=O) groups is 1. The fourth-order valence-corrected chi connectivity index (χ4v) is 3.05. The van der Waals surface area contributed by atoms with Gasteiger partial charge in [-0.2, -0.15) is 4.98 Å². The third-order valence-electron chi connectivity index (χ3n) is 4.61. The maximum absolute atomic E-state index is 12.7. The minimum absolute atomic E-state index is 0.300. The molecule has 0 aliphatic rings. The van der Waals surface area contributed by atoms with Crippen LogP contribution in [0, 0.1) is 27.2 Å². The molecule has 2 heterocycles. The van der Waals surface area contributed by atoms with Crippen LogP contribution < -0.4 is 5.32 Å². The van der Waals surface area contributed by atoms with E-state index in [9.17, 15) is 25.0 Å². The predicted octanol–water partition coefficient (Wildman–Crippen LogP) is 4.27. The normalized spacial score (nSPS) is 10.7. The Morgan fingerprint density at radius 3 is 2.58 bits per heavy atom. The first-order valence-corrected chi connectivity index (χ1v) is 8.91. The van der Waals surface area contributed by atoms with Crippen LogP contribution in [0.3, 0.4) is 0 Å². The highest BCUT2D eigenvalue weighted by Gasteiger charge is 2.25. The van der Waals surface area contributed by atoms with Gasteiger partial charge in [0, 0.05) is 23.5 Å². The van der Waals surface area contributed by atoms with Crippen molar-refractivity contribution in [1.82, 2.24) is 9.97 Å². The van der Waals surface area contributed by atoms with Gasteiger partial charge in [-0.15, -0.1) is 0 Å². The van der Waals surface area contributed by atoms with Gasteiger partial charge in [-0.1, -0.05) is 6.07 Å². The molecule has 4 rings (SSSR count). The first-order valence-electron chi connectivity index (χ1n) is 8.91. The topological polar surface area (TPSA) is 154 Å². The molecule has 1 N–H and O–H groups in total. The molecule has 0 bridgehead atoms. The Morgan fingerprint density at radius 2 is 1.87 bits per heavy atom. The van der Waals surface area contributed by atoms with Gasteiger partial charge in [-0.25, -0.2) is 4.98 Å². The number of aromatic nitrogens is 2. The number of nitro benzene ring substituents is 2. The number of fused-ring (bicyclic) bond motifs is 1. The zero-order valence-corrected chi connectivity index (χ0v) is 15.9. The van der Waals surface area contributed by atoms with Gasteiger partial charge < -0.3 is 9.73 Å². The molecule has 4 aromatic rings. The van der Waals surface area contributed by atoms with Gasteiger partial charge in [-0.05, 0) is 42.8 Å². The molecule has 0 saturated heterocycles. The Labute approximate surface area is 173 Å². The maximum Gasteiger partial charge on any atom is 0.289 e. The number of carbonyl (C=O) groups excluding carboxylic acids is 1. The van der Waals surface area contributed by atoms with Gasteiger partial charge in [0.05, 0.1) is 15.9 Å². The van der Waals surface area contributed by atoms with E-state index in [1.807, 2.05) is 0 Å². The molecule has 0 aliphatic carbocycles. The first-order chi connectivity index (χ1) is 14.8. The van der Waals surface area contributed by atoms with Crippen molar-refractivity contribution >= 4 is 34.2 Å². The number of hydrogen-bond donors (Lipinski definition) is 1. The Balaban J connectivity index is 1.69. The van der Waals surface area contributed by atoms with E-state index in [1.54, 1.807) is 43.5 Å². The second-order valence-electron chi connectivity index (χ2n) is 6.49. The molecule has 0 fully saturated rings. The zero-order chi connectivity index (χ0) is 22.1. The number of oxazole rings is 1. The smallest absolute Gasteiger partial charge is 0.289 e. The standard InChI is InChI=1S/C20H13N5O6/c1-11-13(20-23-18-17(31-20)6-3-9-21-18)4-2-5-15(11)22-19(26)14-8-7-12(24(27)28)10-16(14)25(29)30/h2-10H,1H3,(H,22,26). The van der Waals surface area contributed by atoms with Crippen LogP contribution in [0.5, 0.6) is 0 Å². The second kappa shape index (κ2) is 7.63. The number of nitro groups is 2. The molecular weight excluding hydrogens is 406 g/mol. The van der Waals surface area contributed by atoms with Gasteiger partial charge in [0.25, 0.3) is 17.3 Å². The van der Waals surface area contributed by atoms with Crippen molar-refractivity contribution in [3.63, 3.8) is 0 Å². The molecule has 11 nitrogen and oxygen atoms in total. The van der Waals surface area contributed by atoms with E-state index in [1.165, 1.54) is 0 Å². The first kappa shape index (κ1) is 19.6. The molecule has 2 aromatic heterocycles. The quantitative estimate of drug-likeness (QED) is 0.371. The minimum Gasteiger partial charge on any atom is -0.434 e. The van der Waals surface area contributed by atoms with Crippen molar-refractivity contribution in [3.8, 4) is 11.5 Å². The lowest BCUT2D eigenvalue weighted by Gasteiger charge is -2.11. The SMILES string of the molecule is Cc1c(NC(=O)c2ccc([N+](=O)[O-])cc2[N+](=O)[O-])cccc1-c1nc2ncccc2o1. The number of rotatable bonds is 5. The third-order valence-corrected chi connectivity index (χ3v) is 4.61. The molecule has 154 valence electrons. The van der Waals surface area contributed by atoms with Gasteiger partial charge >= 0.3 is 0 Å². The summed E-state index contributed by atoms with van der Waals surface area (Å²) in [6, 6.07) is 11.3. The lowest BCUT2D eigenvalue weighted by atomic mass is 10.1. The van der Waals surface area contributed by atoms with Crippen LogP contribution in [-0.2, 0) is 0 Å². The van der Waals surface area contributed by atoms with Crippen LogP contribution in [0.15, 0.2) is 59.1 Å². The molecule has 1 amide bonds. The molecular formula is C20H13N5O6. The van der Waals surface area contributed by atoms with Crippen molar-refractivity contribution in [2.75, 3.05) is 5.32 Å². The summed E-state index contributed by atoms with van der Waals surface area (Å²) < 4.78 is 5.73. The summed E-state index contributed by atoms with van der Waals surface area (Å²) in [6.45, 7) is 1.73. The number of nitrogens with one attached hydrogen (secondary N) is 1. The van der Waals surface area contributed by atoms with Crippen LogP contribution in [0.25, 0.3) is 22.7 Å². The Kier molecular flexibility index (Phi) is 4.83. The summed E-state index contributed by atoms with van der Waals surface area (Å²) in [6.07, 6.45) is 1.59. The highest BCUT2D eigenvalue weighted by Crippen LogP contribution is 2.31. The molecule has 0 unspecified atom stereocenters. The Hall–Kier alpha value is -4.67. The molecule has 2 aromatic carbocycles. The summed E-state index contributed by atoms with van der Waals surface area (Å²) in [5.41, 5.74) is 1.11. The van der Waals surface area contributed by atoms with Crippen LogP contribution in [0.4, 0.5) is 17.1 Å². The van der Waals surface area contributed by atoms with E-state index < -0.39 is 27.1 Å². The van der Waals surface area contributed by atoms with Crippen molar-refractivity contribution in [2.24, 2.45) is 0 Å². The second-order valence-corrected chi connectivity index (χ2v) is 6.49. The Bertz CT molecular complexity index is 1330. The molecule has 0 radical (unpaired) electrons. The summed E-state index contributed by atoms with van der Waals surface area (Å²) in [7, 11) is 0. The average Bonchev–Trinajstić information content (AvgIpc) is 3.18. The summed E-state index contributed by atoms with van der Waals surface area (Å²) in [5.74, 6) is -0.468. The van der Waals surface area contributed by atoms with E-state index in [-0.39, 0.29) is 5.56 Å². The van der Waals surface area contributed by atoms with Crippen LogP contribution in [0.2, 0.25) is 0 Å². The van der Waals surface area contributed by atoms with E-state index in [4.69, 9.17) is 4.42 Å². The third kappa shape index (κ3) is 3.67. The molecule has 0 saturated carbocycles. The van der Waals surface area contributed by atoms with E-state index in [2.05, 4.69) is 15.3 Å². The van der Waals surface area contributed by atoms with Gasteiger partial charge in [0.15, 0.2) is 11.2 Å². The lowest BCUT2D eigenvalue weighted by molar-refractivity contribution is -0.394. The number of benzene rings is 2. The van der Waals surface area contributed by atoms with Crippen molar-refractivity contribution < 1.29 is 19.1 Å². The zero-order valence-electron chi connectivity index (χ0n) is 15.9. The summed E-state index contributed by atoms with van der Waals surface area (Å²) in [5, 5.41) is 24.8. The van der Waals surface area contributed by atoms with Gasteiger partial charge in [-0.3, -0.25) is 25.0 Å². The monoisotopic (exact) mass is 419 g/mol. The van der Waals surface area contributed by atoms with Crippen LogP contribution in [0.1, 0.15) is 15.9 Å². The molecule has 0 spiro atoms. The highest BCUT2D eigenvalue weighted by atomic mass is 16.6. The number of anilines is 1. The van der Waals surface area contributed by atoms with E-state index in [0.29, 0.717) is 33.9 Å². The van der Waals surface area contributed by atoms with Gasteiger partial charge in [0.1, 0.15) is 5.56 Å². The minimum atomic E-state index is -0.837. The number of hydrogen-bond acceptors (Lipinski definition) is 8. The largest absolute Gasteiger partial charge is 0.434 e.